The van der Waals surface area contributed by atoms with Gasteiger partial charge in [0.25, 0.3) is 0 Å². The molecule has 0 unspecified atom stereocenters. The molecule has 0 spiro atoms. The molecular formula is C6H9F2N. The molecule has 0 saturated heterocycles. The van der Waals surface area contributed by atoms with E-state index in [9.17, 15) is 8.78 Å². The van der Waals surface area contributed by atoms with E-state index in [1.54, 1.807) is 6.07 Å². The summed E-state index contributed by atoms with van der Waals surface area (Å²) in [4.78, 5) is 0. The van der Waals surface area contributed by atoms with Gasteiger partial charge < -0.3 is 0 Å². The first-order valence-corrected chi connectivity index (χ1v) is 2.66. The van der Waals surface area contributed by atoms with Gasteiger partial charge in [-0.05, 0) is 0 Å². The van der Waals surface area contributed by atoms with Crippen molar-refractivity contribution in [3.05, 3.63) is 0 Å². The highest BCUT2D eigenvalue weighted by Gasteiger charge is 2.28. The smallest absolute Gasteiger partial charge is 0.210 e. The summed E-state index contributed by atoms with van der Waals surface area (Å²) in [5.74, 6) is 0. The maximum Gasteiger partial charge on any atom is 0.244 e. The number of hydrogen-bond acceptors (Lipinski definition) is 1. The van der Waals surface area contributed by atoms with Crippen LogP contribution in [0.4, 0.5) is 8.78 Å². The van der Waals surface area contributed by atoms with Gasteiger partial charge in [-0.15, -0.1) is 0 Å². The quantitative estimate of drug-likeness (QED) is 0.566. The molecule has 0 aliphatic rings. The summed E-state index contributed by atoms with van der Waals surface area (Å²) in [7, 11) is 0. The first-order valence-electron chi connectivity index (χ1n) is 2.66. The zero-order valence-electron chi connectivity index (χ0n) is 5.49. The topological polar surface area (TPSA) is 23.8 Å². The number of hydrogen-bond donors (Lipinski definition) is 0. The summed E-state index contributed by atoms with van der Waals surface area (Å²) in [5, 5.41) is 8.07. The molecule has 0 aliphatic carbocycles. The summed E-state index contributed by atoms with van der Waals surface area (Å²) in [6.07, 6.45) is -2.50. The second-order valence-electron chi connectivity index (χ2n) is 2.62. The second kappa shape index (κ2) is 2.77. The number of rotatable bonds is 2. The Hall–Kier alpha value is -0.650. The van der Waals surface area contributed by atoms with Crippen LogP contribution >= 0.6 is 0 Å². The third-order valence-corrected chi connectivity index (χ3v) is 1.13. The fraction of sp³-hybridized carbons (Fsp3) is 0.833. The zero-order valence-corrected chi connectivity index (χ0v) is 5.49. The van der Waals surface area contributed by atoms with Crippen molar-refractivity contribution in [1.82, 2.24) is 0 Å². The van der Waals surface area contributed by atoms with Crippen molar-refractivity contribution in [2.75, 3.05) is 0 Å². The Labute approximate surface area is 53.3 Å². The summed E-state index contributed by atoms with van der Waals surface area (Å²) < 4.78 is 23.7. The Morgan fingerprint density at radius 1 is 1.56 bits per heavy atom. The molecule has 0 rings (SSSR count). The molecule has 0 N–H and O–H groups in total. The molecule has 9 heavy (non-hydrogen) atoms. The van der Waals surface area contributed by atoms with E-state index in [1.165, 1.54) is 13.8 Å². The van der Waals surface area contributed by atoms with Crippen LogP contribution in [0.3, 0.4) is 0 Å². The molecule has 0 fully saturated rings. The fourth-order valence-electron chi connectivity index (χ4n) is 0.281. The largest absolute Gasteiger partial charge is 0.244 e. The van der Waals surface area contributed by atoms with Gasteiger partial charge in [-0.2, -0.15) is 5.26 Å². The number of nitriles is 1. The molecule has 1 nitrogen and oxygen atoms in total. The molecule has 0 amide bonds. The minimum atomic E-state index is -2.41. The predicted molar refractivity (Wildman–Crippen MR) is 30.0 cm³/mol. The van der Waals surface area contributed by atoms with E-state index in [-0.39, 0.29) is 6.42 Å². The average molecular weight is 133 g/mol. The van der Waals surface area contributed by atoms with E-state index >= 15 is 0 Å². The van der Waals surface area contributed by atoms with Crippen LogP contribution in [-0.4, -0.2) is 6.43 Å². The lowest BCUT2D eigenvalue weighted by Gasteiger charge is -2.18. The van der Waals surface area contributed by atoms with E-state index in [4.69, 9.17) is 5.26 Å². The van der Waals surface area contributed by atoms with Crippen molar-refractivity contribution in [3.8, 4) is 6.07 Å². The van der Waals surface area contributed by atoms with Crippen LogP contribution in [0.2, 0.25) is 0 Å². The molecule has 0 aliphatic heterocycles. The monoisotopic (exact) mass is 133 g/mol. The molecule has 0 atom stereocenters. The maximum atomic E-state index is 11.8. The molecule has 0 aromatic rings. The van der Waals surface area contributed by atoms with Crippen LogP contribution in [0.1, 0.15) is 20.3 Å². The SMILES string of the molecule is CC(C)(CC#N)C(F)F. The summed E-state index contributed by atoms with van der Waals surface area (Å²) in [5.41, 5.74) is -1.14. The van der Waals surface area contributed by atoms with Gasteiger partial charge in [-0.1, -0.05) is 13.8 Å². The summed E-state index contributed by atoms with van der Waals surface area (Å²) in [6, 6.07) is 1.71. The maximum absolute atomic E-state index is 11.8. The minimum absolute atomic E-state index is 0.0926. The van der Waals surface area contributed by atoms with Crippen molar-refractivity contribution in [1.29, 1.82) is 5.26 Å². The highest BCUT2D eigenvalue weighted by Crippen LogP contribution is 2.27. The van der Waals surface area contributed by atoms with Gasteiger partial charge in [-0.3, -0.25) is 0 Å². The number of alkyl halides is 2. The van der Waals surface area contributed by atoms with Crippen molar-refractivity contribution >= 4 is 0 Å². The van der Waals surface area contributed by atoms with Gasteiger partial charge in [0, 0.05) is 11.8 Å². The Balaban J connectivity index is 3.89. The number of halogens is 2. The van der Waals surface area contributed by atoms with Crippen LogP contribution < -0.4 is 0 Å². The molecular weight excluding hydrogens is 124 g/mol. The molecule has 52 valence electrons. The zero-order chi connectivity index (χ0) is 7.49. The van der Waals surface area contributed by atoms with E-state index in [1.807, 2.05) is 0 Å². The van der Waals surface area contributed by atoms with Gasteiger partial charge in [0.1, 0.15) is 0 Å². The van der Waals surface area contributed by atoms with Crippen molar-refractivity contribution in [2.45, 2.75) is 26.7 Å². The molecule has 0 aromatic carbocycles. The fourth-order valence-corrected chi connectivity index (χ4v) is 0.281. The third kappa shape index (κ3) is 2.41. The lowest BCUT2D eigenvalue weighted by atomic mass is 9.91. The average Bonchev–Trinajstić information content (AvgIpc) is 1.65. The molecule has 0 saturated carbocycles. The van der Waals surface area contributed by atoms with Gasteiger partial charge in [0.15, 0.2) is 0 Å². The van der Waals surface area contributed by atoms with Crippen molar-refractivity contribution in [3.63, 3.8) is 0 Å². The third-order valence-electron chi connectivity index (χ3n) is 1.13. The van der Waals surface area contributed by atoms with Crippen LogP contribution in [0, 0.1) is 16.7 Å². The van der Waals surface area contributed by atoms with E-state index in [2.05, 4.69) is 0 Å². The number of nitrogens with zero attached hydrogens (tertiary/aromatic N) is 1. The van der Waals surface area contributed by atoms with Crippen molar-refractivity contribution < 1.29 is 8.78 Å². The second-order valence-corrected chi connectivity index (χ2v) is 2.62. The first kappa shape index (κ1) is 8.35. The first-order chi connectivity index (χ1) is 4.00. The Morgan fingerprint density at radius 3 is 2.11 bits per heavy atom. The Morgan fingerprint density at radius 2 is 2.00 bits per heavy atom. The van der Waals surface area contributed by atoms with Crippen LogP contribution in [0.15, 0.2) is 0 Å². The van der Waals surface area contributed by atoms with Gasteiger partial charge in [0.2, 0.25) is 6.43 Å². The summed E-state index contributed by atoms with van der Waals surface area (Å²) >= 11 is 0. The Bertz CT molecular complexity index is 124. The van der Waals surface area contributed by atoms with E-state index in [0.29, 0.717) is 0 Å². The molecule has 0 aromatic heterocycles. The van der Waals surface area contributed by atoms with Crippen LogP contribution in [0.25, 0.3) is 0 Å². The van der Waals surface area contributed by atoms with E-state index < -0.39 is 11.8 Å². The molecule has 0 radical (unpaired) electrons. The lowest BCUT2D eigenvalue weighted by Crippen LogP contribution is -2.20. The van der Waals surface area contributed by atoms with Gasteiger partial charge >= 0.3 is 0 Å². The predicted octanol–water partition coefficient (Wildman–Crippen LogP) is 2.19. The van der Waals surface area contributed by atoms with Crippen LogP contribution in [-0.2, 0) is 0 Å². The van der Waals surface area contributed by atoms with Crippen LogP contribution in [0.5, 0.6) is 0 Å². The molecule has 0 bridgehead atoms. The normalized spacial score (nSPS) is 11.6. The van der Waals surface area contributed by atoms with Gasteiger partial charge in [0.05, 0.1) is 6.07 Å². The Kier molecular flexibility index (Phi) is 2.57. The molecule has 3 heteroatoms. The van der Waals surface area contributed by atoms with E-state index in [0.717, 1.165) is 0 Å². The highest BCUT2D eigenvalue weighted by molar-refractivity contribution is 4.83. The van der Waals surface area contributed by atoms with Gasteiger partial charge in [-0.25, -0.2) is 8.78 Å². The standard InChI is InChI=1S/C6H9F2N/c1-6(2,3-4-9)5(7)8/h5H,3H2,1-2H3. The highest BCUT2D eigenvalue weighted by atomic mass is 19.3. The van der Waals surface area contributed by atoms with Crippen molar-refractivity contribution in [2.24, 2.45) is 5.41 Å². The minimum Gasteiger partial charge on any atom is -0.210 e. The lowest BCUT2D eigenvalue weighted by molar-refractivity contribution is 0.0229. The summed E-state index contributed by atoms with van der Waals surface area (Å²) in [6.45, 7) is 2.75. The molecule has 0 heterocycles.